The highest BCUT2D eigenvalue weighted by Crippen LogP contribution is 2.40. The third kappa shape index (κ3) is 2.24. The second-order valence-corrected chi connectivity index (χ2v) is 6.64. The first-order valence-corrected chi connectivity index (χ1v) is 7.85. The van der Waals surface area contributed by atoms with E-state index < -0.39 is 0 Å². The Balaban J connectivity index is 1.95. The molecule has 0 aliphatic heterocycles. The van der Waals surface area contributed by atoms with Gasteiger partial charge in [0.15, 0.2) is 0 Å². The topological polar surface area (TPSA) is 12.4 Å². The van der Waals surface area contributed by atoms with Crippen molar-refractivity contribution in [3.05, 3.63) is 48.4 Å². The quantitative estimate of drug-likeness (QED) is 0.548. The molecule has 0 spiro atoms. The molecule has 3 heterocycles. The van der Waals surface area contributed by atoms with Crippen LogP contribution in [0.1, 0.15) is 0 Å². The summed E-state index contributed by atoms with van der Waals surface area (Å²) < 4.78 is 0. The van der Waals surface area contributed by atoms with E-state index in [1.165, 1.54) is 19.5 Å². The summed E-state index contributed by atoms with van der Waals surface area (Å²) in [6.07, 6.45) is 0. The van der Waals surface area contributed by atoms with Crippen LogP contribution in [-0.2, 0) is 0 Å². The van der Waals surface area contributed by atoms with Gasteiger partial charge in [0.05, 0.1) is 0 Å². The highest BCUT2D eigenvalue weighted by atomic mass is 32.1. The van der Waals surface area contributed by atoms with E-state index in [1.54, 1.807) is 22.7 Å². The molecule has 0 atom stereocenters. The molecule has 1 nitrogen and oxygen atoms in total. The van der Waals surface area contributed by atoms with E-state index in [0.29, 0.717) is 0 Å². The maximum atomic E-state index is 4.07. The molecule has 3 aromatic heterocycles. The van der Waals surface area contributed by atoms with Crippen molar-refractivity contribution in [2.24, 2.45) is 4.99 Å². The molecular formula is C14H9NS3. The van der Waals surface area contributed by atoms with Gasteiger partial charge in [-0.25, -0.2) is 0 Å². The average molecular weight is 287 g/mol. The molecule has 0 fully saturated rings. The maximum absolute atomic E-state index is 4.07. The smallest absolute Gasteiger partial charge is 0.126 e. The Labute approximate surface area is 117 Å². The van der Waals surface area contributed by atoms with Crippen LogP contribution in [0.25, 0.3) is 19.5 Å². The van der Waals surface area contributed by atoms with Crippen molar-refractivity contribution in [1.82, 2.24) is 0 Å². The van der Waals surface area contributed by atoms with Gasteiger partial charge >= 0.3 is 0 Å². The first kappa shape index (κ1) is 11.6. The van der Waals surface area contributed by atoms with Gasteiger partial charge in [-0.05, 0) is 48.2 Å². The lowest BCUT2D eigenvalue weighted by atomic mass is 10.3. The molecule has 3 rings (SSSR count). The van der Waals surface area contributed by atoms with Crippen LogP contribution < -0.4 is 0 Å². The molecule has 4 heteroatoms. The Hall–Kier alpha value is -1.45. The molecule has 0 aliphatic carbocycles. The standard InChI is InChI=1S/C14H9NS3/c1-2-15-14-8-7-13(18-14)12-6-5-11(17-12)10-4-3-9-16-10/h3-9H,1H2. The van der Waals surface area contributed by atoms with Crippen molar-refractivity contribution in [3.63, 3.8) is 0 Å². The molecule has 0 unspecified atom stereocenters. The Morgan fingerprint density at radius 3 is 2.33 bits per heavy atom. The van der Waals surface area contributed by atoms with Crippen molar-refractivity contribution in [2.45, 2.75) is 0 Å². The summed E-state index contributed by atoms with van der Waals surface area (Å²) in [5, 5.41) is 3.06. The number of hydrogen-bond donors (Lipinski definition) is 0. The molecule has 0 bridgehead atoms. The Morgan fingerprint density at radius 1 is 0.889 bits per heavy atom. The SMILES string of the molecule is C=C=Nc1ccc(-c2ccc(-c3cccs3)s2)s1. The zero-order chi connectivity index (χ0) is 12.4. The molecule has 0 amide bonds. The normalized spacial score (nSPS) is 10.2. The van der Waals surface area contributed by atoms with Crippen molar-refractivity contribution in [3.8, 4) is 19.5 Å². The first-order chi connectivity index (χ1) is 8.86. The van der Waals surface area contributed by atoms with Gasteiger partial charge in [-0.3, -0.25) is 0 Å². The lowest BCUT2D eigenvalue weighted by Gasteiger charge is -1.90. The fourth-order valence-corrected chi connectivity index (χ4v) is 4.41. The van der Waals surface area contributed by atoms with E-state index in [4.69, 9.17) is 0 Å². The summed E-state index contributed by atoms with van der Waals surface area (Å²) in [4.78, 5) is 9.25. The molecule has 0 radical (unpaired) electrons. The largest absolute Gasteiger partial charge is 0.196 e. The number of nitrogens with zero attached hydrogens (tertiary/aromatic N) is 1. The highest BCUT2D eigenvalue weighted by molar-refractivity contribution is 7.27. The lowest BCUT2D eigenvalue weighted by molar-refractivity contribution is 1.68. The minimum atomic E-state index is 0.950. The third-order valence-electron chi connectivity index (χ3n) is 2.39. The fraction of sp³-hybridized carbons (Fsp3) is 0. The van der Waals surface area contributed by atoms with Gasteiger partial charge in [-0.15, -0.1) is 34.0 Å². The second-order valence-electron chi connectivity index (χ2n) is 3.55. The van der Waals surface area contributed by atoms with Crippen LogP contribution in [0.4, 0.5) is 5.00 Å². The fourth-order valence-electron chi connectivity index (χ4n) is 1.62. The summed E-state index contributed by atoms with van der Waals surface area (Å²) in [5.74, 6) is 2.57. The molecule has 88 valence electrons. The van der Waals surface area contributed by atoms with Crippen molar-refractivity contribution < 1.29 is 0 Å². The second kappa shape index (κ2) is 5.04. The van der Waals surface area contributed by atoms with Crippen molar-refractivity contribution >= 4 is 44.9 Å². The molecular weight excluding hydrogens is 278 g/mol. The summed E-state index contributed by atoms with van der Waals surface area (Å²) in [7, 11) is 0. The molecule has 0 aliphatic rings. The molecule has 3 aromatic rings. The van der Waals surface area contributed by atoms with E-state index in [0.717, 1.165) is 5.00 Å². The van der Waals surface area contributed by atoms with E-state index in [1.807, 2.05) is 17.4 Å². The first-order valence-electron chi connectivity index (χ1n) is 5.33. The van der Waals surface area contributed by atoms with Gasteiger partial charge in [0.25, 0.3) is 0 Å². The van der Waals surface area contributed by atoms with Gasteiger partial charge < -0.3 is 0 Å². The monoisotopic (exact) mass is 287 g/mol. The summed E-state index contributed by atoms with van der Waals surface area (Å²) in [6, 6.07) is 12.7. The van der Waals surface area contributed by atoms with Gasteiger partial charge in [0.2, 0.25) is 0 Å². The summed E-state index contributed by atoms with van der Waals surface area (Å²) in [5.41, 5.74) is 0. The van der Waals surface area contributed by atoms with Crippen LogP contribution in [0.15, 0.2) is 53.3 Å². The van der Waals surface area contributed by atoms with E-state index in [-0.39, 0.29) is 0 Å². The van der Waals surface area contributed by atoms with E-state index in [9.17, 15) is 0 Å². The molecule has 0 saturated carbocycles. The van der Waals surface area contributed by atoms with Gasteiger partial charge in [-0.1, -0.05) is 6.07 Å². The minimum Gasteiger partial charge on any atom is -0.196 e. The lowest BCUT2D eigenvalue weighted by Crippen LogP contribution is -1.57. The molecule has 0 N–H and O–H groups in total. The number of thiophene rings is 3. The molecule has 0 aromatic carbocycles. The Morgan fingerprint density at radius 2 is 1.61 bits per heavy atom. The van der Waals surface area contributed by atoms with Crippen molar-refractivity contribution in [2.75, 3.05) is 0 Å². The van der Waals surface area contributed by atoms with Crippen LogP contribution in [-0.4, -0.2) is 5.87 Å². The number of rotatable bonds is 3. The minimum absolute atomic E-state index is 0.950. The maximum Gasteiger partial charge on any atom is 0.126 e. The average Bonchev–Trinajstić information content (AvgIpc) is 3.10. The third-order valence-corrected chi connectivity index (χ3v) is 5.72. The van der Waals surface area contributed by atoms with E-state index in [2.05, 4.69) is 53.2 Å². The van der Waals surface area contributed by atoms with Crippen molar-refractivity contribution in [1.29, 1.82) is 0 Å². The molecule has 0 saturated heterocycles. The number of aliphatic imine (C=N–C) groups is 1. The predicted molar refractivity (Wildman–Crippen MR) is 83.7 cm³/mol. The molecule has 18 heavy (non-hydrogen) atoms. The van der Waals surface area contributed by atoms with Crippen LogP contribution in [0, 0.1) is 0 Å². The van der Waals surface area contributed by atoms with Crippen LogP contribution >= 0.6 is 34.0 Å². The van der Waals surface area contributed by atoms with E-state index >= 15 is 0 Å². The van der Waals surface area contributed by atoms with Gasteiger partial charge in [0, 0.05) is 19.5 Å². The zero-order valence-corrected chi connectivity index (χ0v) is 11.9. The van der Waals surface area contributed by atoms with Gasteiger partial charge in [0.1, 0.15) is 5.00 Å². The van der Waals surface area contributed by atoms with Crippen LogP contribution in [0.2, 0.25) is 0 Å². The summed E-state index contributed by atoms with van der Waals surface area (Å²) in [6.45, 7) is 3.49. The Kier molecular flexibility index (Phi) is 3.26. The van der Waals surface area contributed by atoms with Crippen LogP contribution in [0.5, 0.6) is 0 Å². The van der Waals surface area contributed by atoms with Crippen LogP contribution in [0.3, 0.4) is 0 Å². The Bertz CT molecular complexity index is 697. The summed E-state index contributed by atoms with van der Waals surface area (Å²) >= 11 is 5.26. The highest BCUT2D eigenvalue weighted by Gasteiger charge is 2.07. The predicted octanol–water partition coefficient (Wildman–Crippen LogP) is 5.69. The number of hydrogen-bond acceptors (Lipinski definition) is 4. The zero-order valence-electron chi connectivity index (χ0n) is 9.42. The van der Waals surface area contributed by atoms with Gasteiger partial charge in [-0.2, -0.15) is 4.99 Å².